The van der Waals surface area contributed by atoms with E-state index in [9.17, 15) is 24.0 Å². The molecular formula is C52H72F2N12O6. The summed E-state index contributed by atoms with van der Waals surface area (Å²) in [6.45, 7) is 7.35. The molecule has 1 unspecified atom stereocenters. The zero-order valence-corrected chi connectivity index (χ0v) is 41.9. The van der Waals surface area contributed by atoms with Crippen LogP contribution in [0.5, 0.6) is 0 Å². The number of imide groups is 1. The maximum absolute atomic E-state index is 16.1. The number of nitrogens with zero attached hydrogens (tertiary/aromatic N) is 8. The number of benzene rings is 1. The van der Waals surface area contributed by atoms with Crippen LogP contribution in [-0.2, 0) is 31.0 Å². The number of piperazine rings is 1. The van der Waals surface area contributed by atoms with Crippen molar-refractivity contribution in [3.8, 4) is 0 Å². The second-order valence-corrected chi connectivity index (χ2v) is 21.0. The third kappa shape index (κ3) is 12.5. The number of anilines is 5. The summed E-state index contributed by atoms with van der Waals surface area (Å²) in [5, 5.41) is 16.2. The van der Waals surface area contributed by atoms with Crippen molar-refractivity contribution in [3.63, 3.8) is 0 Å². The number of amides is 4. The van der Waals surface area contributed by atoms with Crippen molar-refractivity contribution in [2.24, 2.45) is 24.8 Å². The molecule has 0 radical (unpaired) electrons. The summed E-state index contributed by atoms with van der Waals surface area (Å²) in [6, 6.07) is 4.70. The van der Waals surface area contributed by atoms with Crippen LogP contribution in [0.25, 0.3) is 0 Å². The fourth-order valence-corrected chi connectivity index (χ4v) is 11.9. The number of ether oxygens (including phenoxy) is 1. The molecule has 4 aliphatic heterocycles. The standard InChI is InChI=1S/C52H72F2N12O6/c1-3-72-50(71)41-32-55-51(59-39-31-56-62(2)33-39)61-46(41)58-37-8-11-40(12-9-37)63-26-28-66(29-27-63)49(70)36-6-4-35(5-7-36)48(69)65-22-17-34(18-23-65)16-19-52(54)20-24-64(25-21-52)44-14-10-38(30-42(44)53)57-43-13-15-45(67)60-47(43)68/h10,14,30-37,40,43,57H,3-9,11-13,15-29H2,1-2H3,(H,60,67,68)(H2,55,58,59,61). The first kappa shape index (κ1) is 51.0. The first-order valence-electron chi connectivity index (χ1n) is 26.5. The van der Waals surface area contributed by atoms with Gasteiger partial charge in [-0.3, -0.25) is 34.1 Å². The van der Waals surface area contributed by atoms with Gasteiger partial charge in [-0.25, -0.2) is 18.6 Å². The zero-order valence-electron chi connectivity index (χ0n) is 41.9. The maximum atomic E-state index is 16.1. The van der Waals surface area contributed by atoms with E-state index in [4.69, 9.17) is 4.74 Å². The predicted octanol–water partition coefficient (Wildman–Crippen LogP) is 6.19. The van der Waals surface area contributed by atoms with Gasteiger partial charge in [-0.15, -0.1) is 0 Å². The Labute approximate surface area is 420 Å². The van der Waals surface area contributed by atoms with Crippen LogP contribution >= 0.6 is 0 Å². The Morgan fingerprint density at radius 3 is 2.12 bits per heavy atom. The fourth-order valence-electron chi connectivity index (χ4n) is 11.9. The van der Waals surface area contributed by atoms with Gasteiger partial charge in [-0.1, -0.05) is 0 Å². The number of aromatic nitrogens is 4. The van der Waals surface area contributed by atoms with Crippen molar-refractivity contribution in [1.29, 1.82) is 0 Å². The Morgan fingerprint density at radius 1 is 0.819 bits per heavy atom. The molecule has 1 atom stereocenters. The van der Waals surface area contributed by atoms with Crippen molar-refractivity contribution in [2.45, 2.75) is 133 Å². The number of carbonyl (C=O) groups is 5. The van der Waals surface area contributed by atoms with Gasteiger partial charge < -0.3 is 35.4 Å². The van der Waals surface area contributed by atoms with E-state index in [2.05, 4.69) is 41.2 Å². The molecule has 390 valence electrons. The number of esters is 1. The summed E-state index contributed by atoms with van der Waals surface area (Å²) >= 11 is 0. The topological polar surface area (TPSA) is 199 Å². The molecule has 4 amide bonds. The molecule has 9 rings (SSSR count). The number of carbonyl (C=O) groups excluding carboxylic acids is 5. The molecule has 3 aromatic rings. The highest BCUT2D eigenvalue weighted by molar-refractivity contribution is 6.01. The lowest BCUT2D eigenvalue weighted by Gasteiger charge is -2.43. The van der Waals surface area contributed by atoms with Gasteiger partial charge >= 0.3 is 5.97 Å². The van der Waals surface area contributed by atoms with Crippen LogP contribution in [-0.4, -0.2) is 147 Å². The molecule has 6 fully saturated rings. The van der Waals surface area contributed by atoms with E-state index < -0.39 is 29.4 Å². The minimum atomic E-state index is -1.30. The molecule has 72 heavy (non-hydrogen) atoms. The first-order chi connectivity index (χ1) is 34.8. The normalized spacial score (nSPS) is 25.4. The second kappa shape index (κ2) is 22.9. The largest absolute Gasteiger partial charge is 0.462 e. The van der Waals surface area contributed by atoms with E-state index in [1.165, 1.54) is 12.3 Å². The number of piperidine rings is 3. The van der Waals surface area contributed by atoms with Crippen molar-refractivity contribution >= 4 is 58.4 Å². The van der Waals surface area contributed by atoms with Crippen molar-refractivity contribution in [3.05, 3.63) is 48.2 Å². The molecule has 18 nitrogen and oxygen atoms in total. The zero-order chi connectivity index (χ0) is 50.4. The molecule has 2 saturated carbocycles. The lowest BCUT2D eigenvalue weighted by atomic mass is 9.79. The van der Waals surface area contributed by atoms with Gasteiger partial charge in [0, 0.05) is 108 Å². The van der Waals surface area contributed by atoms with Gasteiger partial charge in [-0.05, 0) is 127 Å². The lowest BCUT2D eigenvalue weighted by Crippen LogP contribution is -2.54. The molecule has 2 aromatic heterocycles. The molecule has 0 spiro atoms. The van der Waals surface area contributed by atoms with Crippen LogP contribution in [0.4, 0.5) is 37.6 Å². The van der Waals surface area contributed by atoms with Crippen LogP contribution < -0.4 is 26.2 Å². The average molecular weight is 999 g/mol. The van der Waals surface area contributed by atoms with Crippen LogP contribution in [0, 0.1) is 23.6 Å². The maximum Gasteiger partial charge on any atom is 0.343 e. The van der Waals surface area contributed by atoms with Crippen molar-refractivity contribution in [1.82, 2.24) is 39.8 Å². The van der Waals surface area contributed by atoms with Gasteiger partial charge in [0.05, 0.1) is 24.2 Å². The number of likely N-dealkylation sites (tertiary alicyclic amines) is 1. The summed E-state index contributed by atoms with van der Waals surface area (Å²) in [6.07, 6.45) is 16.0. The van der Waals surface area contributed by atoms with E-state index in [1.807, 2.05) is 27.9 Å². The van der Waals surface area contributed by atoms with Gasteiger partial charge in [0.1, 0.15) is 28.9 Å². The molecule has 6 aliphatic rings. The number of rotatable bonds is 15. The minimum Gasteiger partial charge on any atom is -0.462 e. The summed E-state index contributed by atoms with van der Waals surface area (Å²) in [5.41, 5.74) is 0.611. The Morgan fingerprint density at radius 2 is 1.50 bits per heavy atom. The van der Waals surface area contributed by atoms with Crippen molar-refractivity contribution < 1.29 is 37.5 Å². The summed E-state index contributed by atoms with van der Waals surface area (Å²) in [7, 11) is 1.83. The number of nitrogens with one attached hydrogen (secondary N) is 4. The quantitative estimate of drug-likeness (QED) is 0.0993. The second-order valence-electron chi connectivity index (χ2n) is 21.0. The Hall–Kier alpha value is -5.92. The molecule has 20 heteroatoms. The lowest BCUT2D eigenvalue weighted by molar-refractivity contribution is -0.143. The third-order valence-electron chi connectivity index (χ3n) is 16.3. The molecule has 1 aromatic carbocycles. The van der Waals surface area contributed by atoms with E-state index >= 15 is 8.78 Å². The smallest absolute Gasteiger partial charge is 0.343 e. The molecule has 0 bridgehead atoms. The summed E-state index contributed by atoms with van der Waals surface area (Å²) in [5.74, 6) is -0.108. The van der Waals surface area contributed by atoms with Crippen LogP contribution in [0.2, 0.25) is 0 Å². The molecule has 4 N–H and O–H groups in total. The number of alkyl halides is 1. The minimum absolute atomic E-state index is 0.0390. The first-order valence-corrected chi connectivity index (χ1v) is 26.5. The Balaban J connectivity index is 0.649. The highest BCUT2D eigenvalue weighted by atomic mass is 19.1. The van der Waals surface area contributed by atoms with Crippen molar-refractivity contribution in [2.75, 3.05) is 79.8 Å². The van der Waals surface area contributed by atoms with E-state index in [0.717, 1.165) is 89.4 Å². The highest BCUT2D eigenvalue weighted by Crippen LogP contribution is 2.38. The van der Waals surface area contributed by atoms with Gasteiger partial charge in [0.2, 0.25) is 29.6 Å². The van der Waals surface area contributed by atoms with E-state index in [1.54, 1.807) is 29.9 Å². The van der Waals surface area contributed by atoms with Gasteiger partial charge in [0.15, 0.2) is 0 Å². The van der Waals surface area contributed by atoms with Crippen LogP contribution in [0.3, 0.4) is 0 Å². The average Bonchev–Trinajstić information content (AvgIpc) is 3.81. The van der Waals surface area contributed by atoms with Gasteiger partial charge in [-0.2, -0.15) is 10.1 Å². The van der Waals surface area contributed by atoms with E-state index in [0.29, 0.717) is 106 Å². The highest BCUT2D eigenvalue weighted by Gasteiger charge is 2.39. The Bertz CT molecular complexity index is 2400. The monoisotopic (exact) mass is 999 g/mol. The SMILES string of the molecule is CCOC(=O)c1cnc(Nc2cnn(C)c2)nc1NC1CCC(N2CCN(C(=O)C3CCC(C(=O)N4CCC(CCC5(F)CCN(c6ccc(NC7CCC(=O)NC7=O)cc6F)CC5)CC4)CC3)CC2)CC1. The van der Waals surface area contributed by atoms with E-state index in [-0.39, 0.29) is 48.6 Å². The Kier molecular flexibility index (Phi) is 16.2. The van der Waals surface area contributed by atoms with Crippen LogP contribution in [0.1, 0.15) is 120 Å². The fraction of sp³-hybridized carbons (Fsp3) is 0.654. The number of aryl methyl sites for hydroxylation is 1. The summed E-state index contributed by atoms with van der Waals surface area (Å²) in [4.78, 5) is 81.4. The third-order valence-corrected chi connectivity index (χ3v) is 16.3. The molecule has 4 saturated heterocycles. The number of hydrogen-bond acceptors (Lipinski definition) is 14. The number of hydrogen-bond donors (Lipinski definition) is 4. The van der Waals surface area contributed by atoms with Crippen LogP contribution in [0.15, 0.2) is 36.8 Å². The predicted molar refractivity (Wildman–Crippen MR) is 268 cm³/mol. The summed E-state index contributed by atoms with van der Waals surface area (Å²) < 4.78 is 38.3. The van der Waals surface area contributed by atoms with Gasteiger partial charge in [0.25, 0.3) is 0 Å². The number of halogens is 2. The molecular weight excluding hydrogens is 927 g/mol. The molecule has 6 heterocycles. The molecule has 2 aliphatic carbocycles.